The van der Waals surface area contributed by atoms with Crippen LogP contribution in [-0.4, -0.2) is 46.9 Å². The highest BCUT2D eigenvalue weighted by Gasteiger charge is 2.49. The summed E-state index contributed by atoms with van der Waals surface area (Å²) < 4.78 is 19.2. The molecule has 122 valence electrons. The third-order valence-corrected chi connectivity index (χ3v) is 5.34. The highest BCUT2D eigenvalue weighted by molar-refractivity contribution is 7.52. The van der Waals surface area contributed by atoms with Gasteiger partial charge in [-0.15, -0.1) is 5.10 Å². The zero-order chi connectivity index (χ0) is 16.5. The number of hydrogen-bond acceptors (Lipinski definition) is 6. The first-order valence-corrected chi connectivity index (χ1v) is 8.34. The summed E-state index contributed by atoms with van der Waals surface area (Å²) in [4.78, 5) is 24.0. The summed E-state index contributed by atoms with van der Waals surface area (Å²) >= 11 is 0. The van der Waals surface area contributed by atoms with Gasteiger partial charge in [-0.1, -0.05) is 6.07 Å². The lowest BCUT2D eigenvalue weighted by Crippen LogP contribution is -2.30. The van der Waals surface area contributed by atoms with Crippen LogP contribution in [0.25, 0.3) is 5.65 Å². The lowest BCUT2D eigenvalue weighted by atomic mass is 10.1. The lowest BCUT2D eigenvalue weighted by Gasteiger charge is -2.33. The van der Waals surface area contributed by atoms with Crippen molar-refractivity contribution >= 4 is 13.2 Å². The summed E-state index contributed by atoms with van der Waals surface area (Å²) in [5, 5.41) is 11.4. The molecule has 3 heterocycles. The maximum Gasteiger partial charge on any atom is 0.361 e. The van der Waals surface area contributed by atoms with Crippen LogP contribution in [0.5, 0.6) is 0 Å². The quantitative estimate of drug-likeness (QED) is 0.551. The van der Waals surface area contributed by atoms with Crippen LogP contribution in [0.15, 0.2) is 30.7 Å². The Hall–Kier alpha value is -2.13. The molecule has 0 fully saturated rings. The third-order valence-electron chi connectivity index (χ3n) is 3.74. The van der Waals surface area contributed by atoms with Gasteiger partial charge in [0.2, 0.25) is 0 Å². The molecule has 0 spiro atoms. The largest absolute Gasteiger partial charge is 0.361 e. The molecule has 23 heavy (non-hydrogen) atoms. The number of imidazole rings is 1. The number of hydrogen-bond donors (Lipinski definition) is 3. The molecule has 3 aromatic heterocycles. The molecule has 0 aliphatic rings. The Morgan fingerprint density at radius 3 is 2.91 bits per heavy atom. The number of aromatic amines is 1. The molecule has 0 aromatic carbocycles. The van der Waals surface area contributed by atoms with Crippen LogP contribution in [0.2, 0.25) is 0 Å². The van der Waals surface area contributed by atoms with Crippen molar-refractivity contribution in [1.29, 1.82) is 0 Å². The number of aromatic nitrogens is 6. The first-order valence-electron chi connectivity index (χ1n) is 6.73. The van der Waals surface area contributed by atoms with Crippen LogP contribution in [0, 0.1) is 0 Å². The van der Waals surface area contributed by atoms with E-state index in [9.17, 15) is 14.4 Å². The van der Waals surface area contributed by atoms with Crippen molar-refractivity contribution in [3.8, 4) is 0 Å². The molecular formula is C12H15N6O4P. The fourth-order valence-electron chi connectivity index (χ4n) is 2.52. The number of nitrogens with zero attached hydrogens (tertiary/aromatic N) is 5. The van der Waals surface area contributed by atoms with Crippen molar-refractivity contribution in [2.45, 2.75) is 18.2 Å². The minimum Gasteiger partial charge on any atom is -0.361 e. The van der Waals surface area contributed by atoms with E-state index in [0.29, 0.717) is 17.0 Å². The number of pyridine rings is 1. The number of nitrogens with one attached hydrogen (secondary N) is 1. The van der Waals surface area contributed by atoms with Crippen LogP contribution in [-0.2, 0) is 21.1 Å². The van der Waals surface area contributed by atoms with Crippen LogP contribution < -0.4 is 0 Å². The lowest BCUT2D eigenvalue weighted by molar-refractivity contribution is 0.0272. The molecule has 0 bridgehead atoms. The molecule has 0 aliphatic heterocycles. The second-order valence-corrected chi connectivity index (χ2v) is 6.80. The predicted octanol–water partition coefficient (Wildman–Crippen LogP) is 0.457. The average molecular weight is 338 g/mol. The Morgan fingerprint density at radius 2 is 2.26 bits per heavy atom. The van der Waals surface area contributed by atoms with Crippen molar-refractivity contribution in [1.82, 2.24) is 30.0 Å². The second kappa shape index (κ2) is 5.82. The second-order valence-electron chi connectivity index (χ2n) is 4.99. The molecule has 0 saturated heterocycles. The summed E-state index contributed by atoms with van der Waals surface area (Å²) in [6.07, 6.45) is 5.12. The number of methoxy groups -OCH3 is 1. The van der Waals surface area contributed by atoms with Crippen molar-refractivity contribution in [3.05, 3.63) is 42.1 Å². The molecule has 3 N–H and O–H groups in total. The Bertz CT molecular complexity index is 844. The SMILES string of the molecule is COC(CCc1nnn[nH]1)(c1ccc2nccn2c1)P(=O)(O)O. The number of ether oxygens (including phenoxy) is 1. The highest BCUT2D eigenvalue weighted by Crippen LogP contribution is 2.59. The summed E-state index contributed by atoms with van der Waals surface area (Å²) in [7, 11) is -3.37. The van der Waals surface area contributed by atoms with Gasteiger partial charge in [-0.05, 0) is 22.9 Å². The van der Waals surface area contributed by atoms with Crippen LogP contribution in [0.3, 0.4) is 0 Å². The van der Waals surface area contributed by atoms with E-state index in [1.54, 1.807) is 35.1 Å². The van der Waals surface area contributed by atoms with Gasteiger partial charge in [0.25, 0.3) is 0 Å². The number of tetrazole rings is 1. The molecule has 1 atom stereocenters. The number of H-pyrrole nitrogens is 1. The average Bonchev–Trinajstić information content (AvgIpc) is 3.17. The third kappa shape index (κ3) is 2.77. The standard InChI is InChI=1S/C12H15N6O4P/c1-22-12(23(19,20)21,5-4-10-14-16-17-15-10)9-2-3-11-13-6-7-18(11)8-9/h2-3,6-8H,4-5H2,1H3,(H2,19,20,21)(H,14,15,16,17). The van der Waals surface area contributed by atoms with E-state index in [2.05, 4.69) is 25.6 Å². The van der Waals surface area contributed by atoms with Gasteiger partial charge in [0, 0.05) is 37.7 Å². The van der Waals surface area contributed by atoms with E-state index in [4.69, 9.17) is 4.74 Å². The Kier molecular flexibility index (Phi) is 3.99. The van der Waals surface area contributed by atoms with Crippen molar-refractivity contribution in [2.24, 2.45) is 0 Å². The van der Waals surface area contributed by atoms with Crippen LogP contribution >= 0.6 is 7.60 Å². The van der Waals surface area contributed by atoms with Gasteiger partial charge >= 0.3 is 7.60 Å². The number of aryl methyl sites for hydroxylation is 1. The molecule has 10 nitrogen and oxygen atoms in total. The van der Waals surface area contributed by atoms with Crippen molar-refractivity contribution < 1.29 is 19.1 Å². The molecule has 0 radical (unpaired) electrons. The van der Waals surface area contributed by atoms with Gasteiger partial charge < -0.3 is 18.9 Å². The fourth-order valence-corrected chi connectivity index (χ4v) is 3.63. The Labute approximate surface area is 130 Å². The Balaban J connectivity index is 2.04. The summed E-state index contributed by atoms with van der Waals surface area (Å²) in [6.45, 7) is 0. The van der Waals surface area contributed by atoms with Crippen LogP contribution in [0.1, 0.15) is 17.8 Å². The smallest absolute Gasteiger partial charge is 0.361 e. The minimum atomic E-state index is -4.64. The van der Waals surface area contributed by atoms with E-state index < -0.39 is 12.9 Å². The first-order chi connectivity index (χ1) is 11.0. The topological polar surface area (TPSA) is 139 Å². The van der Waals surface area contributed by atoms with Gasteiger partial charge in [0.05, 0.1) is 0 Å². The number of fused-ring (bicyclic) bond motifs is 1. The first kappa shape index (κ1) is 15.8. The molecule has 0 amide bonds. The van der Waals surface area contributed by atoms with Gasteiger partial charge in [-0.25, -0.2) is 10.1 Å². The van der Waals surface area contributed by atoms with Gasteiger partial charge in [-0.2, -0.15) is 0 Å². The number of rotatable bonds is 6. The fraction of sp³-hybridized carbons (Fsp3) is 0.333. The van der Waals surface area contributed by atoms with E-state index in [-0.39, 0.29) is 12.8 Å². The maximum atomic E-state index is 12.2. The van der Waals surface area contributed by atoms with Gasteiger partial charge in [0.15, 0.2) is 5.34 Å². The predicted molar refractivity (Wildman–Crippen MR) is 78.4 cm³/mol. The zero-order valence-electron chi connectivity index (χ0n) is 12.2. The van der Waals surface area contributed by atoms with Gasteiger partial charge in [0.1, 0.15) is 11.5 Å². The minimum absolute atomic E-state index is 0.00482. The highest BCUT2D eigenvalue weighted by atomic mass is 31.2. The summed E-state index contributed by atoms with van der Waals surface area (Å²) in [5.74, 6) is 0.420. The molecular weight excluding hydrogens is 323 g/mol. The van der Waals surface area contributed by atoms with Gasteiger partial charge in [-0.3, -0.25) is 4.57 Å². The van der Waals surface area contributed by atoms with Crippen molar-refractivity contribution in [3.63, 3.8) is 0 Å². The monoisotopic (exact) mass is 338 g/mol. The van der Waals surface area contributed by atoms with E-state index in [0.717, 1.165) is 0 Å². The maximum absolute atomic E-state index is 12.2. The van der Waals surface area contributed by atoms with Crippen molar-refractivity contribution in [2.75, 3.05) is 7.11 Å². The summed E-state index contributed by atoms with van der Waals surface area (Å²) in [6, 6.07) is 3.28. The summed E-state index contributed by atoms with van der Waals surface area (Å²) in [5.41, 5.74) is 1.02. The molecule has 3 aromatic rings. The van der Waals surface area contributed by atoms with Crippen LogP contribution in [0.4, 0.5) is 0 Å². The molecule has 0 saturated carbocycles. The zero-order valence-corrected chi connectivity index (χ0v) is 13.1. The normalized spacial score (nSPS) is 14.9. The molecule has 3 rings (SSSR count). The van der Waals surface area contributed by atoms with E-state index >= 15 is 0 Å². The van der Waals surface area contributed by atoms with E-state index in [1.807, 2.05) is 0 Å². The molecule has 1 unspecified atom stereocenters. The molecule has 11 heteroatoms. The Morgan fingerprint density at radius 1 is 1.43 bits per heavy atom. The van der Waals surface area contributed by atoms with E-state index in [1.165, 1.54) is 7.11 Å². The molecule has 0 aliphatic carbocycles.